The number of amidine groups is 1. The molecule has 0 aromatic heterocycles. The lowest BCUT2D eigenvalue weighted by Gasteiger charge is -2.44. The van der Waals surface area contributed by atoms with Crippen LogP contribution in [0.3, 0.4) is 0 Å². The summed E-state index contributed by atoms with van der Waals surface area (Å²) < 4.78 is 33.7. The third-order valence-electron chi connectivity index (χ3n) is 7.69. The molecule has 3 aliphatic rings. The molecule has 0 aliphatic carbocycles. The molecule has 3 aliphatic heterocycles. The topological polar surface area (TPSA) is 91.3 Å². The van der Waals surface area contributed by atoms with E-state index in [-0.39, 0.29) is 11.9 Å². The molecule has 0 N–H and O–H groups in total. The van der Waals surface area contributed by atoms with Crippen molar-refractivity contribution in [2.24, 2.45) is 4.99 Å². The molecule has 11 heteroatoms. The number of rotatable bonds is 9. The van der Waals surface area contributed by atoms with Crippen molar-refractivity contribution in [1.29, 1.82) is 0 Å². The normalized spacial score (nSPS) is 19.6. The predicted molar refractivity (Wildman–Crippen MR) is 163 cm³/mol. The first kappa shape index (κ1) is 29.7. The summed E-state index contributed by atoms with van der Waals surface area (Å²) in [5, 5.41) is 0.699. The molecule has 3 heterocycles. The molecule has 0 radical (unpaired) electrons. The van der Waals surface area contributed by atoms with Gasteiger partial charge in [0.2, 0.25) is 17.4 Å². The van der Waals surface area contributed by atoms with Gasteiger partial charge in [0.1, 0.15) is 0 Å². The minimum absolute atomic E-state index is 0.0431. The summed E-state index contributed by atoms with van der Waals surface area (Å²) in [6.07, 6.45) is 2.56. The third-order valence-corrected chi connectivity index (χ3v) is 8.65. The summed E-state index contributed by atoms with van der Waals surface area (Å²) in [6, 6.07) is 7.33. The van der Waals surface area contributed by atoms with Crippen LogP contribution in [0.1, 0.15) is 30.5 Å². The third kappa shape index (κ3) is 5.27. The van der Waals surface area contributed by atoms with E-state index in [1.165, 1.54) is 0 Å². The summed E-state index contributed by atoms with van der Waals surface area (Å²) in [4.78, 5) is 22.8. The lowest BCUT2D eigenvalue weighted by atomic mass is 9.88. The fourth-order valence-corrected chi connectivity index (χ4v) is 6.67. The van der Waals surface area contributed by atoms with Crippen LogP contribution in [0.2, 0.25) is 0 Å². The molecule has 1 saturated heterocycles. The van der Waals surface area contributed by atoms with Crippen molar-refractivity contribution in [3.8, 4) is 34.5 Å². The molecule has 5 rings (SSSR count). The monoisotopic (exact) mass is 595 g/mol. The standard InChI is InChI=1S/C31H37N3O7S/c1-8-33-16-20(11-18-12-22(36-2)29(40-6)23(13-18)37-3)27-21(17-33)28(34-26(35)9-10-42-31(34)32-27)19-14-24(38-4)30(41-7)25(15-19)39-5/h11-15,28H,8-10,16-17H2,1-7H3/b20-11+. The van der Waals surface area contributed by atoms with Gasteiger partial charge >= 0.3 is 0 Å². The highest BCUT2D eigenvalue weighted by atomic mass is 32.2. The van der Waals surface area contributed by atoms with Crippen LogP contribution in [0.25, 0.3) is 6.08 Å². The summed E-state index contributed by atoms with van der Waals surface area (Å²) in [6.45, 7) is 4.31. The number of amides is 1. The highest BCUT2D eigenvalue weighted by Crippen LogP contribution is 2.48. The van der Waals surface area contributed by atoms with Gasteiger partial charge in [-0.1, -0.05) is 18.7 Å². The Balaban J connectivity index is 1.73. The highest BCUT2D eigenvalue weighted by molar-refractivity contribution is 8.14. The van der Waals surface area contributed by atoms with Crippen LogP contribution in [-0.4, -0.2) is 88.9 Å². The number of methoxy groups -OCH3 is 6. The Morgan fingerprint density at radius 1 is 0.857 bits per heavy atom. The van der Waals surface area contributed by atoms with Crippen LogP contribution < -0.4 is 28.4 Å². The van der Waals surface area contributed by atoms with E-state index in [4.69, 9.17) is 33.4 Å². The van der Waals surface area contributed by atoms with Crippen LogP contribution in [-0.2, 0) is 4.79 Å². The van der Waals surface area contributed by atoms with Crippen molar-refractivity contribution in [2.45, 2.75) is 19.4 Å². The second-order valence-corrected chi connectivity index (χ2v) is 11.0. The van der Waals surface area contributed by atoms with Gasteiger partial charge in [-0.2, -0.15) is 0 Å². The van der Waals surface area contributed by atoms with E-state index in [0.29, 0.717) is 64.9 Å². The van der Waals surface area contributed by atoms with Gasteiger partial charge in [-0.15, -0.1) is 0 Å². The van der Waals surface area contributed by atoms with E-state index in [1.54, 1.807) is 54.4 Å². The molecule has 0 spiro atoms. The maximum absolute atomic E-state index is 13.5. The van der Waals surface area contributed by atoms with Crippen LogP contribution >= 0.6 is 11.8 Å². The Hall–Kier alpha value is -3.83. The Bertz CT molecular complexity index is 1420. The molecule has 1 unspecified atom stereocenters. The Labute approximate surface area is 250 Å². The number of likely N-dealkylation sites (N-methyl/N-ethyl adjacent to an activating group) is 1. The predicted octanol–water partition coefficient (Wildman–Crippen LogP) is 4.79. The Morgan fingerprint density at radius 3 is 1.95 bits per heavy atom. The number of benzene rings is 2. The van der Waals surface area contributed by atoms with Gasteiger partial charge in [0, 0.05) is 25.3 Å². The first-order valence-corrected chi connectivity index (χ1v) is 14.7. The van der Waals surface area contributed by atoms with Crippen molar-refractivity contribution < 1.29 is 33.2 Å². The zero-order valence-corrected chi connectivity index (χ0v) is 25.9. The second kappa shape index (κ2) is 12.6. The summed E-state index contributed by atoms with van der Waals surface area (Å²) in [7, 11) is 9.58. The van der Waals surface area contributed by atoms with Gasteiger partial charge in [0.15, 0.2) is 28.2 Å². The molecular formula is C31H37N3O7S. The highest BCUT2D eigenvalue weighted by Gasteiger charge is 2.42. The van der Waals surface area contributed by atoms with E-state index >= 15 is 0 Å². The number of fused-ring (bicyclic) bond motifs is 1. The number of hydrogen-bond acceptors (Lipinski definition) is 10. The van der Waals surface area contributed by atoms with E-state index < -0.39 is 0 Å². The Kier molecular flexibility index (Phi) is 8.88. The lowest BCUT2D eigenvalue weighted by molar-refractivity contribution is -0.128. The summed E-state index contributed by atoms with van der Waals surface area (Å²) >= 11 is 1.60. The smallest absolute Gasteiger partial charge is 0.230 e. The molecule has 10 nitrogen and oxygen atoms in total. The number of aliphatic imine (C=N–C) groups is 1. The quantitative estimate of drug-likeness (QED) is 0.406. The first-order chi connectivity index (χ1) is 20.4. The van der Waals surface area contributed by atoms with Crippen molar-refractivity contribution >= 4 is 28.9 Å². The molecule has 224 valence electrons. The SMILES string of the molecule is CCN1CC2=C(N=C3SCCC(=O)N3C2c2cc(OC)c(OC)c(OC)c2)/C(=C/c2cc(OC)c(OC)c(OC)c2)C1. The average molecular weight is 596 g/mol. The second-order valence-electron chi connectivity index (χ2n) is 9.92. The molecule has 1 amide bonds. The molecule has 42 heavy (non-hydrogen) atoms. The molecule has 1 fully saturated rings. The van der Waals surface area contributed by atoms with Crippen molar-refractivity contribution in [3.63, 3.8) is 0 Å². The number of carbonyl (C=O) groups excluding carboxylic acids is 1. The van der Waals surface area contributed by atoms with Gasteiger partial charge in [-0.3, -0.25) is 14.6 Å². The van der Waals surface area contributed by atoms with Crippen molar-refractivity contribution in [1.82, 2.24) is 9.80 Å². The first-order valence-electron chi connectivity index (χ1n) is 13.7. The van der Waals surface area contributed by atoms with Gasteiger partial charge in [0.25, 0.3) is 0 Å². The van der Waals surface area contributed by atoms with Gasteiger partial charge < -0.3 is 28.4 Å². The van der Waals surface area contributed by atoms with Crippen LogP contribution in [0.4, 0.5) is 0 Å². The number of ether oxygens (including phenoxy) is 6. The lowest BCUT2D eigenvalue weighted by Crippen LogP contribution is -2.48. The fourth-order valence-electron chi connectivity index (χ4n) is 5.70. The molecule has 2 aromatic carbocycles. The number of nitrogens with zero attached hydrogens (tertiary/aromatic N) is 3. The minimum atomic E-state index is -0.390. The zero-order chi connectivity index (χ0) is 30.0. The van der Waals surface area contributed by atoms with E-state index in [2.05, 4.69) is 17.9 Å². The molecule has 1 atom stereocenters. The van der Waals surface area contributed by atoms with Gasteiger partial charge in [-0.25, -0.2) is 4.99 Å². The number of hydrogen-bond donors (Lipinski definition) is 0. The molecule has 2 aromatic rings. The molecule has 0 saturated carbocycles. The number of carbonyl (C=O) groups is 1. The average Bonchev–Trinajstić information content (AvgIpc) is 3.02. The number of thioether (sulfide) groups is 1. The molecular weight excluding hydrogens is 558 g/mol. The van der Waals surface area contributed by atoms with Crippen LogP contribution in [0.15, 0.2) is 46.1 Å². The maximum atomic E-state index is 13.5. The van der Waals surface area contributed by atoms with Crippen LogP contribution in [0.5, 0.6) is 34.5 Å². The fraction of sp³-hybridized carbons (Fsp3) is 0.419. The summed E-state index contributed by atoms with van der Waals surface area (Å²) in [5.41, 5.74) is 4.72. The van der Waals surface area contributed by atoms with E-state index in [0.717, 1.165) is 34.5 Å². The van der Waals surface area contributed by atoms with Crippen molar-refractivity contribution in [2.75, 3.05) is 68.0 Å². The van der Waals surface area contributed by atoms with Gasteiger partial charge in [-0.05, 0) is 59.2 Å². The van der Waals surface area contributed by atoms with E-state index in [9.17, 15) is 4.79 Å². The zero-order valence-electron chi connectivity index (χ0n) is 25.1. The molecule has 0 bridgehead atoms. The maximum Gasteiger partial charge on any atom is 0.230 e. The van der Waals surface area contributed by atoms with Crippen LogP contribution in [0, 0.1) is 0 Å². The van der Waals surface area contributed by atoms with Gasteiger partial charge in [0.05, 0.1) is 54.4 Å². The van der Waals surface area contributed by atoms with E-state index in [1.807, 2.05) is 29.2 Å². The van der Waals surface area contributed by atoms with Crippen molar-refractivity contribution in [3.05, 3.63) is 52.2 Å². The largest absolute Gasteiger partial charge is 0.493 e. The Morgan fingerprint density at radius 2 is 1.43 bits per heavy atom. The minimum Gasteiger partial charge on any atom is -0.493 e. The summed E-state index contributed by atoms with van der Waals surface area (Å²) in [5.74, 6) is 3.99.